The van der Waals surface area contributed by atoms with Crippen molar-refractivity contribution in [3.63, 3.8) is 0 Å². The summed E-state index contributed by atoms with van der Waals surface area (Å²) in [6, 6.07) is 3.79. The van der Waals surface area contributed by atoms with Gasteiger partial charge in [0, 0.05) is 12.5 Å². The molecule has 1 atom stereocenters. The molecule has 0 saturated heterocycles. The minimum absolute atomic E-state index is 0.0244. The highest BCUT2D eigenvalue weighted by Crippen LogP contribution is 2.28. The average Bonchev–Trinajstić information content (AvgIpc) is 2.29. The van der Waals surface area contributed by atoms with Gasteiger partial charge in [0.2, 0.25) is 0 Å². The smallest absolute Gasteiger partial charge is 0.327 e. The summed E-state index contributed by atoms with van der Waals surface area (Å²) in [5.41, 5.74) is 10.5. The number of halogens is 3. The molecule has 0 radical (unpaired) electrons. The first-order valence-corrected chi connectivity index (χ1v) is 7.33. The number of alkyl halides is 3. The summed E-state index contributed by atoms with van der Waals surface area (Å²) in [5, 5.41) is 0. The Balaban J connectivity index is 2.85. The van der Waals surface area contributed by atoms with Crippen LogP contribution in [0.1, 0.15) is 55.9 Å². The lowest BCUT2D eigenvalue weighted by atomic mass is 9.83. The van der Waals surface area contributed by atoms with E-state index < -0.39 is 18.6 Å². The van der Waals surface area contributed by atoms with Gasteiger partial charge >= 0.3 is 6.18 Å². The standard InChI is InChI=1S/C17H26F3N/c1-11-8-13(16(3,4)5)9-12(2)15(11)10-14(21)6-7-17(18,19)20/h8-9,14H,6-7,10,21H2,1-5H3. The van der Waals surface area contributed by atoms with Gasteiger partial charge in [-0.05, 0) is 54.4 Å². The fourth-order valence-corrected chi connectivity index (χ4v) is 2.46. The van der Waals surface area contributed by atoms with E-state index >= 15 is 0 Å². The second-order valence-electron chi connectivity index (χ2n) is 6.96. The van der Waals surface area contributed by atoms with Gasteiger partial charge in [0.25, 0.3) is 0 Å². The van der Waals surface area contributed by atoms with Gasteiger partial charge in [-0.1, -0.05) is 32.9 Å². The summed E-state index contributed by atoms with van der Waals surface area (Å²) in [5.74, 6) is 0. The summed E-state index contributed by atoms with van der Waals surface area (Å²) < 4.78 is 36.7. The second kappa shape index (κ2) is 6.39. The highest BCUT2D eigenvalue weighted by Gasteiger charge is 2.27. The van der Waals surface area contributed by atoms with E-state index in [0.717, 1.165) is 16.7 Å². The number of hydrogen-bond donors (Lipinski definition) is 1. The summed E-state index contributed by atoms with van der Waals surface area (Å²) in [6.07, 6.45) is -4.47. The number of aryl methyl sites for hydroxylation is 2. The van der Waals surface area contributed by atoms with Gasteiger partial charge in [-0.3, -0.25) is 0 Å². The lowest BCUT2D eigenvalue weighted by Gasteiger charge is -2.23. The Morgan fingerprint density at radius 2 is 1.52 bits per heavy atom. The Kier molecular flexibility index (Phi) is 5.48. The predicted octanol–water partition coefficient (Wildman–Crippen LogP) is 4.81. The zero-order valence-corrected chi connectivity index (χ0v) is 13.6. The van der Waals surface area contributed by atoms with E-state index in [0.29, 0.717) is 6.42 Å². The molecule has 0 fully saturated rings. The van der Waals surface area contributed by atoms with Crippen LogP contribution in [0.5, 0.6) is 0 Å². The second-order valence-corrected chi connectivity index (χ2v) is 6.96. The third-order valence-electron chi connectivity index (χ3n) is 3.83. The maximum atomic E-state index is 12.2. The van der Waals surface area contributed by atoms with Crippen molar-refractivity contribution in [2.75, 3.05) is 0 Å². The summed E-state index contributed by atoms with van der Waals surface area (Å²) in [6.45, 7) is 10.5. The van der Waals surface area contributed by atoms with Crippen LogP contribution in [0, 0.1) is 13.8 Å². The van der Waals surface area contributed by atoms with Gasteiger partial charge in [-0.2, -0.15) is 13.2 Å². The third-order valence-corrected chi connectivity index (χ3v) is 3.83. The van der Waals surface area contributed by atoms with Crippen LogP contribution in [0.15, 0.2) is 12.1 Å². The van der Waals surface area contributed by atoms with Crippen LogP contribution in [0.2, 0.25) is 0 Å². The summed E-state index contributed by atoms with van der Waals surface area (Å²) >= 11 is 0. The maximum absolute atomic E-state index is 12.2. The Morgan fingerprint density at radius 3 is 1.90 bits per heavy atom. The molecule has 1 unspecified atom stereocenters. The molecule has 0 bridgehead atoms. The van der Waals surface area contributed by atoms with Gasteiger partial charge in [0.15, 0.2) is 0 Å². The molecule has 0 spiro atoms. The molecule has 0 aromatic heterocycles. The predicted molar refractivity (Wildman–Crippen MR) is 81.6 cm³/mol. The van der Waals surface area contributed by atoms with E-state index in [1.54, 1.807) is 0 Å². The van der Waals surface area contributed by atoms with Crippen molar-refractivity contribution in [3.05, 3.63) is 34.4 Å². The molecule has 0 aliphatic heterocycles. The van der Waals surface area contributed by atoms with Gasteiger partial charge in [-0.15, -0.1) is 0 Å². The first-order valence-electron chi connectivity index (χ1n) is 7.33. The number of rotatable bonds is 4. The van der Waals surface area contributed by atoms with Crippen LogP contribution in [0.4, 0.5) is 13.2 Å². The van der Waals surface area contributed by atoms with Crippen LogP contribution in [0.3, 0.4) is 0 Å². The average molecular weight is 301 g/mol. The Hall–Kier alpha value is -1.03. The molecule has 120 valence electrons. The SMILES string of the molecule is Cc1cc(C(C)(C)C)cc(C)c1CC(N)CCC(F)(F)F. The fraction of sp³-hybridized carbons (Fsp3) is 0.647. The lowest BCUT2D eigenvalue weighted by Crippen LogP contribution is -2.26. The topological polar surface area (TPSA) is 26.0 Å². The van der Waals surface area contributed by atoms with Crippen molar-refractivity contribution in [1.29, 1.82) is 0 Å². The molecule has 0 aliphatic rings. The monoisotopic (exact) mass is 301 g/mol. The quantitative estimate of drug-likeness (QED) is 0.848. The molecule has 4 heteroatoms. The van der Waals surface area contributed by atoms with E-state index in [4.69, 9.17) is 5.73 Å². The maximum Gasteiger partial charge on any atom is 0.389 e. The van der Waals surface area contributed by atoms with Crippen LogP contribution in [-0.2, 0) is 11.8 Å². The molecule has 1 nitrogen and oxygen atoms in total. The van der Waals surface area contributed by atoms with E-state index in [2.05, 4.69) is 32.9 Å². The van der Waals surface area contributed by atoms with E-state index in [1.807, 2.05) is 13.8 Å². The zero-order chi connectivity index (χ0) is 16.4. The van der Waals surface area contributed by atoms with Crippen LogP contribution in [0.25, 0.3) is 0 Å². The Bertz CT molecular complexity index is 461. The highest BCUT2D eigenvalue weighted by atomic mass is 19.4. The molecule has 1 aromatic rings. The normalized spacial score (nSPS) is 14.3. The largest absolute Gasteiger partial charge is 0.389 e. The van der Waals surface area contributed by atoms with Gasteiger partial charge < -0.3 is 5.73 Å². The van der Waals surface area contributed by atoms with Gasteiger partial charge in [0.05, 0.1) is 0 Å². The van der Waals surface area contributed by atoms with Crippen LogP contribution < -0.4 is 5.73 Å². The minimum Gasteiger partial charge on any atom is -0.327 e. The molecule has 0 aliphatic carbocycles. The summed E-state index contributed by atoms with van der Waals surface area (Å²) in [7, 11) is 0. The molecule has 0 amide bonds. The van der Waals surface area contributed by atoms with Gasteiger partial charge in [0.1, 0.15) is 0 Å². The first-order chi connectivity index (χ1) is 9.40. The zero-order valence-electron chi connectivity index (χ0n) is 13.6. The van der Waals surface area contributed by atoms with Gasteiger partial charge in [-0.25, -0.2) is 0 Å². The van der Waals surface area contributed by atoms with Crippen molar-refractivity contribution in [3.8, 4) is 0 Å². The van der Waals surface area contributed by atoms with Crippen molar-refractivity contribution < 1.29 is 13.2 Å². The molecule has 21 heavy (non-hydrogen) atoms. The van der Waals surface area contributed by atoms with E-state index in [9.17, 15) is 13.2 Å². The number of hydrogen-bond acceptors (Lipinski definition) is 1. The molecular weight excluding hydrogens is 275 g/mol. The molecule has 1 rings (SSSR count). The van der Waals surface area contributed by atoms with E-state index in [1.165, 1.54) is 5.56 Å². The fourth-order valence-electron chi connectivity index (χ4n) is 2.46. The van der Waals surface area contributed by atoms with Crippen molar-refractivity contribution in [1.82, 2.24) is 0 Å². The minimum atomic E-state index is -4.13. The van der Waals surface area contributed by atoms with Crippen molar-refractivity contribution in [2.24, 2.45) is 5.73 Å². The van der Waals surface area contributed by atoms with Crippen LogP contribution >= 0.6 is 0 Å². The molecule has 2 N–H and O–H groups in total. The molecular formula is C17H26F3N. The molecule has 0 saturated carbocycles. The highest BCUT2D eigenvalue weighted by molar-refractivity contribution is 5.40. The Morgan fingerprint density at radius 1 is 1.05 bits per heavy atom. The van der Waals surface area contributed by atoms with Crippen LogP contribution in [-0.4, -0.2) is 12.2 Å². The summed E-state index contributed by atoms with van der Waals surface area (Å²) in [4.78, 5) is 0. The van der Waals surface area contributed by atoms with E-state index in [-0.39, 0.29) is 11.8 Å². The lowest BCUT2D eigenvalue weighted by molar-refractivity contribution is -0.136. The third kappa shape index (κ3) is 5.70. The first kappa shape index (κ1) is 18.0. The number of nitrogens with two attached hydrogens (primary N) is 1. The molecule has 1 aromatic carbocycles. The van der Waals surface area contributed by atoms with Crippen molar-refractivity contribution in [2.45, 2.75) is 71.5 Å². The Labute approximate surface area is 125 Å². The number of benzene rings is 1. The molecule has 0 heterocycles. The van der Waals surface area contributed by atoms with Crippen molar-refractivity contribution >= 4 is 0 Å².